The molecule has 0 saturated carbocycles. The van der Waals surface area contributed by atoms with Crippen LogP contribution in [-0.4, -0.2) is 4.99 Å². The van der Waals surface area contributed by atoms with Crippen LogP contribution in [0.2, 0.25) is 4.34 Å². The van der Waals surface area contributed by atoms with Gasteiger partial charge in [-0.2, -0.15) is 0 Å². The Morgan fingerprint density at radius 2 is 2.17 bits per heavy atom. The normalized spacial score (nSPS) is 10.3. The molecule has 0 bridgehead atoms. The molecule has 0 atom stereocenters. The summed E-state index contributed by atoms with van der Waals surface area (Å²) >= 11 is 12.2. The molecule has 3 N–H and O–H groups in total. The van der Waals surface area contributed by atoms with Crippen LogP contribution in [0.4, 0.5) is 10.1 Å². The third-order valence-electron chi connectivity index (χ3n) is 2.33. The summed E-state index contributed by atoms with van der Waals surface area (Å²) in [7, 11) is 0. The number of hydrogen-bond acceptors (Lipinski definition) is 3. The number of thiocarbonyl (C=S) groups is 1. The fourth-order valence-corrected chi connectivity index (χ4v) is 2.70. The Morgan fingerprint density at radius 3 is 2.78 bits per heavy atom. The smallest absolute Gasteiger partial charge is 0.124 e. The van der Waals surface area contributed by atoms with Gasteiger partial charge in [-0.25, -0.2) is 4.39 Å². The topological polar surface area (TPSA) is 38.0 Å². The van der Waals surface area contributed by atoms with Crippen LogP contribution in [0.25, 0.3) is 0 Å². The molecule has 0 aliphatic heterocycles. The fraction of sp³-hybridized carbons (Fsp3) is 0.0833. The molecule has 18 heavy (non-hydrogen) atoms. The molecule has 1 aromatic carbocycles. The van der Waals surface area contributed by atoms with E-state index in [0.29, 0.717) is 17.8 Å². The lowest BCUT2D eigenvalue weighted by Crippen LogP contribution is -2.13. The first-order valence-corrected chi connectivity index (χ1v) is 6.74. The van der Waals surface area contributed by atoms with Crippen molar-refractivity contribution in [3.8, 4) is 0 Å². The molecule has 0 saturated heterocycles. The van der Waals surface area contributed by atoms with Gasteiger partial charge in [0, 0.05) is 22.7 Å². The van der Waals surface area contributed by atoms with Gasteiger partial charge in [0.05, 0.1) is 4.34 Å². The van der Waals surface area contributed by atoms with Crippen LogP contribution < -0.4 is 11.1 Å². The molecule has 1 aromatic heterocycles. The van der Waals surface area contributed by atoms with Crippen LogP contribution in [0.3, 0.4) is 0 Å². The monoisotopic (exact) mass is 300 g/mol. The van der Waals surface area contributed by atoms with E-state index in [9.17, 15) is 4.39 Å². The fourth-order valence-electron chi connectivity index (χ4n) is 1.50. The van der Waals surface area contributed by atoms with Gasteiger partial charge in [0.2, 0.25) is 0 Å². The Labute approximate surface area is 119 Å². The maximum absolute atomic E-state index is 13.1. The van der Waals surface area contributed by atoms with Crippen molar-refractivity contribution in [1.29, 1.82) is 0 Å². The van der Waals surface area contributed by atoms with Crippen LogP contribution in [0, 0.1) is 5.82 Å². The van der Waals surface area contributed by atoms with E-state index in [0.717, 1.165) is 9.21 Å². The minimum atomic E-state index is -0.359. The molecule has 2 nitrogen and oxygen atoms in total. The van der Waals surface area contributed by atoms with E-state index in [1.165, 1.54) is 23.5 Å². The molecular formula is C12H10ClFN2S2. The Hall–Kier alpha value is -1.17. The molecule has 0 aliphatic rings. The van der Waals surface area contributed by atoms with Crippen LogP contribution in [0.15, 0.2) is 30.3 Å². The lowest BCUT2D eigenvalue weighted by molar-refractivity contribution is 0.627. The number of nitrogens with two attached hydrogens (primary N) is 1. The Bertz CT molecular complexity index is 583. The standard InChI is InChI=1S/C12H10ClFN2S2/c13-11-4-2-8(18-11)6-16-10-3-1-7(14)5-9(10)12(15)17/h1-5,16H,6H2,(H2,15,17). The van der Waals surface area contributed by atoms with E-state index in [4.69, 9.17) is 29.6 Å². The van der Waals surface area contributed by atoms with Gasteiger partial charge in [-0.15, -0.1) is 11.3 Å². The molecule has 2 aromatic rings. The maximum Gasteiger partial charge on any atom is 0.124 e. The van der Waals surface area contributed by atoms with Crippen LogP contribution in [-0.2, 0) is 6.54 Å². The second-order valence-corrected chi connectivity index (χ2v) is 5.85. The number of halogens is 2. The van der Waals surface area contributed by atoms with Gasteiger partial charge in [0.15, 0.2) is 0 Å². The zero-order valence-corrected chi connectivity index (χ0v) is 11.6. The number of rotatable bonds is 4. The quantitative estimate of drug-likeness (QED) is 0.844. The van der Waals surface area contributed by atoms with Crippen molar-refractivity contribution in [2.45, 2.75) is 6.54 Å². The van der Waals surface area contributed by atoms with Gasteiger partial charge in [-0.1, -0.05) is 23.8 Å². The first kappa shape index (κ1) is 13.3. The Balaban J connectivity index is 2.16. The van der Waals surface area contributed by atoms with Crippen molar-refractivity contribution in [2.24, 2.45) is 5.73 Å². The Morgan fingerprint density at radius 1 is 1.39 bits per heavy atom. The summed E-state index contributed by atoms with van der Waals surface area (Å²) in [6.45, 7) is 0.596. The summed E-state index contributed by atoms with van der Waals surface area (Å²) in [5.41, 5.74) is 6.79. The van der Waals surface area contributed by atoms with Gasteiger partial charge in [-0.3, -0.25) is 0 Å². The minimum absolute atomic E-state index is 0.168. The van der Waals surface area contributed by atoms with E-state index in [1.54, 1.807) is 6.07 Å². The van der Waals surface area contributed by atoms with Crippen molar-refractivity contribution in [3.63, 3.8) is 0 Å². The van der Waals surface area contributed by atoms with Crippen molar-refractivity contribution in [3.05, 3.63) is 50.9 Å². The third-order valence-corrected chi connectivity index (χ3v) is 3.78. The van der Waals surface area contributed by atoms with Gasteiger partial charge in [0.1, 0.15) is 10.8 Å². The SMILES string of the molecule is NC(=S)c1cc(F)ccc1NCc1ccc(Cl)s1. The van der Waals surface area contributed by atoms with Gasteiger partial charge in [-0.05, 0) is 30.3 Å². The minimum Gasteiger partial charge on any atom is -0.389 e. The summed E-state index contributed by atoms with van der Waals surface area (Å²) < 4.78 is 13.9. The first-order valence-electron chi connectivity index (χ1n) is 5.13. The van der Waals surface area contributed by atoms with Gasteiger partial charge >= 0.3 is 0 Å². The van der Waals surface area contributed by atoms with Crippen LogP contribution in [0.1, 0.15) is 10.4 Å². The second-order valence-electron chi connectivity index (χ2n) is 3.61. The van der Waals surface area contributed by atoms with Crippen molar-refractivity contribution in [1.82, 2.24) is 0 Å². The highest BCUT2D eigenvalue weighted by molar-refractivity contribution is 7.80. The molecular weight excluding hydrogens is 291 g/mol. The van der Waals surface area contributed by atoms with Crippen molar-refractivity contribution < 1.29 is 4.39 Å². The Kier molecular flexibility index (Phi) is 4.16. The average molecular weight is 301 g/mol. The summed E-state index contributed by atoms with van der Waals surface area (Å²) in [6.07, 6.45) is 0. The lowest BCUT2D eigenvalue weighted by Gasteiger charge is -2.10. The van der Waals surface area contributed by atoms with Crippen LogP contribution >= 0.6 is 35.2 Å². The number of nitrogens with one attached hydrogen (secondary N) is 1. The third kappa shape index (κ3) is 3.19. The average Bonchev–Trinajstić information content (AvgIpc) is 2.73. The summed E-state index contributed by atoms with van der Waals surface area (Å²) in [4.78, 5) is 1.25. The molecule has 0 amide bonds. The first-order chi connectivity index (χ1) is 8.56. The van der Waals surface area contributed by atoms with Gasteiger partial charge < -0.3 is 11.1 Å². The van der Waals surface area contributed by atoms with Crippen LogP contribution in [0.5, 0.6) is 0 Å². The highest BCUT2D eigenvalue weighted by Gasteiger charge is 2.07. The second kappa shape index (κ2) is 5.65. The predicted molar refractivity (Wildman–Crippen MR) is 78.9 cm³/mol. The molecule has 0 fully saturated rings. The molecule has 0 spiro atoms. The number of hydrogen-bond donors (Lipinski definition) is 2. The van der Waals surface area contributed by atoms with E-state index in [-0.39, 0.29) is 10.8 Å². The molecule has 0 radical (unpaired) electrons. The number of benzene rings is 1. The summed E-state index contributed by atoms with van der Waals surface area (Å²) in [5, 5.41) is 3.17. The number of anilines is 1. The molecule has 1 heterocycles. The van der Waals surface area contributed by atoms with E-state index < -0.39 is 0 Å². The highest BCUT2D eigenvalue weighted by Crippen LogP contribution is 2.23. The molecule has 0 unspecified atom stereocenters. The predicted octanol–water partition coefficient (Wildman–Crippen LogP) is 3.79. The largest absolute Gasteiger partial charge is 0.389 e. The van der Waals surface area contributed by atoms with E-state index >= 15 is 0 Å². The maximum atomic E-state index is 13.1. The molecule has 0 aliphatic carbocycles. The van der Waals surface area contributed by atoms with Crippen molar-refractivity contribution >= 4 is 45.8 Å². The lowest BCUT2D eigenvalue weighted by atomic mass is 10.1. The zero-order valence-electron chi connectivity index (χ0n) is 9.24. The number of thiophene rings is 1. The molecule has 6 heteroatoms. The van der Waals surface area contributed by atoms with E-state index in [2.05, 4.69) is 5.32 Å². The highest BCUT2D eigenvalue weighted by atomic mass is 35.5. The zero-order chi connectivity index (χ0) is 13.1. The molecule has 2 rings (SSSR count). The van der Waals surface area contributed by atoms with Gasteiger partial charge in [0.25, 0.3) is 0 Å². The molecule has 94 valence electrons. The summed E-state index contributed by atoms with van der Waals surface area (Å²) in [6, 6.07) is 8.09. The van der Waals surface area contributed by atoms with Crippen molar-refractivity contribution in [2.75, 3.05) is 5.32 Å². The summed E-state index contributed by atoms with van der Waals surface area (Å²) in [5.74, 6) is -0.359. The van der Waals surface area contributed by atoms with E-state index in [1.807, 2.05) is 12.1 Å².